The lowest BCUT2D eigenvalue weighted by Crippen LogP contribution is -2.49. The fraction of sp³-hybridized carbons (Fsp3) is 0.0500. The van der Waals surface area contributed by atoms with E-state index in [9.17, 15) is 9.59 Å². The van der Waals surface area contributed by atoms with Gasteiger partial charge in [-0.25, -0.2) is 0 Å². The summed E-state index contributed by atoms with van der Waals surface area (Å²) in [4.78, 5) is 24.1. The monoisotopic (exact) mass is 505 g/mol. The minimum atomic E-state index is -0.431. The minimum Gasteiger partial charge on any atom is -0.484 e. The number of ether oxygens (including phenoxy) is 1. The van der Waals surface area contributed by atoms with Crippen molar-refractivity contribution in [3.8, 4) is 5.75 Å². The van der Waals surface area contributed by atoms with Gasteiger partial charge in [0.15, 0.2) is 11.7 Å². The molecule has 0 saturated heterocycles. The molecule has 0 spiro atoms. The second-order valence-electron chi connectivity index (χ2n) is 5.73. The molecular formula is C20H16IN3O3S. The van der Waals surface area contributed by atoms with Crippen LogP contribution in [0.2, 0.25) is 0 Å². The largest absolute Gasteiger partial charge is 0.484 e. The highest BCUT2D eigenvalue weighted by atomic mass is 127. The summed E-state index contributed by atoms with van der Waals surface area (Å²) in [6.45, 7) is -0.196. The highest BCUT2D eigenvalue weighted by Crippen LogP contribution is 2.20. The third-order valence-electron chi connectivity index (χ3n) is 3.75. The standard InChI is InChI=1S/C20H16IN3O3S/c21-17-8-4-3-7-16(17)19(26)22-20(28)24-23-18(25)12-27-15-10-9-13-5-1-2-6-14(13)11-15/h1-11H,12H2,(H,23,25)(H2,22,24,26,28). The number of hydrazine groups is 1. The number of benzene rings is 3. The summed E-state index contributed by atoms with van der Waals surface area (Å²) in [7, 11) is 0. The van der Waals surface area contributed by atoms with Crippen molar-refractivity contribution in [1.29, 1.82) is 0 Å². The lowest BCUT2D eigenvalue weighted by atomic mass is 10.1. The molecule has 3 aromatic carbocycles. The van der Waals surface area contributed by atoms with E-state index in [2.05, 4.69) is 38.8 Å². The molecule has 0 bridgehead atoms. The normalized spacial score (nSPS) is 10.2. The van der Waals surface area contributed by atoms with Gasteiger partial charge in [-0.3, -0.25) is 25.8 Å². The molecule has 0 heterocycles. The van der Waals surface area contributed by atoms with Gasteiger partial charge < -0.3 is 4.74 Å². The Labute approximate surface area is 180 Å². The van der Waals surface area contributed by atoms with Crippen LogP contribution in [-0.2, 0) is 4.79 Å². The van der Waals surface area contributed by atoms with Crippen LogP contribution in [0.25, 0.3) is 10.8 Å². The van der Waals surface area contributed by atoms with Crippen LogP contribution in [0, 0.1) is 3.57 Å². The number of nitrogens with one attached hydrogen (secondary N) is 3. The topological polar surface area (TPSA) is 79.5 Å². The molecule has 3 aromatic rings. The molecule has 0 aromatic heterocycles. The number of rotatable bonds is 4. The van der Waals surface area contributed by atoms with Crippen LogP contribution in [0.5, 0.6) is 5.75 Å². The van der Waals surface area contributed by atoms with Gasteiger partial charge in [0.2, 0.25) is 0 Å². The van der Waals surface area contributed by atoms with E-state index in [1.165, 1.54) is 0 Å². The van der Waals surface area contributed by atoms with Crippen LogP contribution in [0.1, 0.15) is 10.4 Å². The molecule has 0 saturated carbocycles. The molecular weight excluding hydrogens is 489 g/mol. The maximum Gasteiger partial charge on any atom is 0.276 e. The summed E-state index contributed by atoms with van der Waals surface area (Å²) in [6.07, 6.45) is 0. The number of halogens is 1. The van der Waals surface area contributed by atoms with E-state index in [0.29, 0.717) is 11.3 Å². The van der Waals surface area contributed by atoms with Gasteiger partial charge in [0.1, 0.15) is 5.75 Å². The predicted molar refractivity (Wildman–Crippen MR) is 120 cm³/mol. The molecule has 6 nitrogen and oxygen atoms in total. The minimum absolute atomic E-state index is 0.0105. The van der Waals surface area contributed by atoms with Crippen LogP contribution in [0.4, 0.5) is 0 Å². The first-order chi connectivity index (χ1) is 13.5. The van der Waals surface area contributed by atoms with Crippen LogP contribution in [0.3, 0.4) is 0 Å². The smallest absolute Gasteiger partial charge is 0.276 e. The van der Waals surface area contributed by atoms with Crippen molar-refractivity contribution < 1.29 is 14.3 Å². The number of thiocarbonyl (C=S) groups is 1. The maximum atomic E-state index is 12.2. The molecule has 3 N–H and O–H groups in total. The van der Waals surface area contributed by atoms with Gasteiger partial charge in [0.05, 0.1) is 5.56 Å². The SMILES string of the molecule is O=C(COc1ccc2ccccc2c1)NNC(=S)NC(=O)c1ccccc1I. The first-order valence-corrected chi connectivity index (χ1v) is 9.78. The van der Waals surface area contributed by atoms with E-state index >= 15 is 0 Å². The average molecular weight is 505 g/mol. The number of fused-ring (bicyclic) bond motifs is 1. The van der Waals surface area contributed by atoms with Crippen LogP contribution in [-0.4, -0.2) is 23.5 Å². The number of carbonyl (C=O) groups excluding carboxylic acids is 2. The zero-order valence-corrected chi connectivity index (χ0v) is 17.5. The zero-order chi connectivity index (χ0) is 19.9. The Bertz CT molecular complexity index is 1040. The highest BCUT2D eigenvalue weighted by Gasteiger charge is 2.11. The molecule has 0 aliphatic heterocycles. The lowest BCUT2D eigenvalue weighted by Gasteiger charge is -2.12. The van der Waals surface area contributed by atoms with Gasteiger partial charge in [-0.05, 0) is 69.8 Å². The Morgan fingerprint density at radius 1 is 0.929 bits per heavy atom. The van der Waals surface area contributed by atoms with E-state index < -0.39 is 5.91 Å². The highest BCUT2D eigenvalue weighted by molar-refractivity contribution is 14.1. The van der Waals surface area contributed by atoms with Crippen molar-refractivity contribution in [3.05, 3.63) is 75.9 Å². The van der Waals surface area contributed by atoms with Crippen LogP contribution >= 0.6 is 34.8 Å². The summed E-state index contributed by atoms with van der Waals surface area (Å²) >= 11 is 7.09. The van der Waals surface area contributed by atoms with Crippen molar-refractivity contribution in [2.75, 3.05) is 6.61 Å². The Balaban J connectivity index is 1.45. The third-order valence-corrected chi connectivity index (χ3v) is 4.90. The third kappa shape index (κ3) is 5.40. The second kappa shape index (κ2) is 9.47. The van der Waals surface area contributed by atoms with Crippen LogP contribution in [0.15, 0.2) is 66.7 Å². The molecule has 0 aliphatic carbocycles. The zero-order valence-electron chi connectivity index (χ0n) is 14.6. The average Bonchev–Trinajstić information content (AvgIpc) is 2.70. The van der Waals surface area contributed by atoms with Crippen molar-refractivity contribution >= 4 is 62.5 Å². The van der Waals surface area contributed by atoms with Crippen LogP contribution < -0.4 is 20.9 Å². The fourth-order valence-electron chi connectivity index (χ4n) is 2.42. The molecule has 2 amide bonds. The van der Waals surface area contributed by atoms with Gasteiger partial charge in [0, 0.05) is 3.57 Å². The van der Waals surface area contributed by atoms with E-state index in [-0.39, 0.29) is 17.6 Å². The molecule has 0 aliphatic rings. The maximum absolute atomic E-state index is 12.2. The molecule has 28 heavy (non-hydrogen) atoms. The molecule has 0 radical (unpaired) electrons. The summed E-state index contributed by atoms with van der Waals surface area (Å²) in [6, 6.07) is 20.6. The predicted octanol–water partition coefficient (Wildman–Crippen LogP) is 3.16. The molecule has 3 rings (SSSR count). The summed E-state index contributed by atoms with van der Waals surface area (Å²) < 4.78 is 6.29. The Morgan fingerprint density at radius 3 is 2.43 bits per heavy atom. The van der Waals surface area contributed by atoms with E-state index in [0.717, 1.165) is 14.3 Å². The van der Waals surface area contributed by atoms with E-state index in [1.54, 1.807) is 18.2 Å². The molecule has 0 unspecified atom stereocenters. The van der Waals surface area contributed by atoms with Gasteiger partial charge in [-0.2, -0.15) is 0 Å². The Morgan fingerprint density at radius 2 is 1.64 bits per heavy atom. The number of carbonyl (C=O) groups is 2. The Hall–Kier alpha value is -2.72. The number of hydrogen-bond donors (Lipinski definition) is 3. The summed E-state index contributed by atoms with van der Waals surface area (Å²) in [5.74, 6) is -0.202. The van der Waals surface area contributed by atoms with Crippen molar-refractivity contribution in [3.63, 3.8) is 0 Å². The number of amides is 2. The van der Waals surface area contributed by atoms with Gasteiger partial charge >= 0.3 is 0 Å². The fourth-order valence-corrected chi connectivity index (χ4v) is 3.19. The number of hydrogen-bond acceptors (Lipinski definition) is 4. The first-order valence-electron chi connectivity index (χ1n) is 8.29. The quantitative estimate of drug-likeness (QED) is 0.289. The summed E-state index contributed by atoms with van der Waals surface area (Å²) in [5.41, 5.74) is 5.37. The van der Waals surface area contributed by atoms with Crippen molar-refractivity contribution in [1.82, 2.24) is 16.2 Å². The van der Waals surface area contributed by atoms with Crippen molar-refractivity contribution in [2.24, 2.45) is 0 Å². The van der Waals surface area contributed by atoms with E-state index in [1.807, 2.05) is 48.5 Å². The Kier molecular flexibility index (Phi) is 6.77. The molecule has 0 atom stereocenters. The molecule has 0 fully saturated rings. The first kappa shape index (κ1) is 20.0. The lowest BCUT2D eigenvalue weighted by molar-refractivity contribution is -0.123. The van der Waals surface area contributed by atoms with Crippen molar-refractivity contribution in [2.45, 2.75) is 0 Å². The molecule has 142 valence electrons. The second-order valence-corrected chi connectivity index (χ2v) is 7.30. The van der Waals surface area contributed by atoms with Gasteiger partial charge in [-0.1, -0.05) is 42.5 Å². The van der Waals surface area contributed by atoms with E-state index in [4.69, 9.17) is 17.0 Å². The molecule has 8 heteroatoms. The summed E-state index contributed by atoms with van der Waals surface area (Å²) in [5, 5.41) is 4.62. The van der Waals surface area contributed by atoms with Gasteiger partial charge in [-0.15, -0.1) is 0 Å². The van der Waals surface area contributed by atoms with Gasteiger partial charge in [0.25, 0.3) is 11.8 Å².